The molecule has 0 aliphatic rings. The molecule has 1 amide bonds. The van der Waals surface area contributed by atoms with Gasteiger partial charge in [-0.3, -0.25) is 4.79 Å². The number of methoxy groups -OCH3 is 2. The van der Waals surface area contributed by atoms with Crippen molar-refractivity contribution in [3.63, 3.8) is 0 Å². The second-order valence-electron chi connectivity index (χ2n) is 8.87. The predicted molar refractivity (Wildman–Crippen MR) is 146 cm³/mol. The second-order valence-corrected chi connectivity index (χ2v) is 10.7. The van der Waals surface area contributed by atoms with Crippen LogP contribution in [-0.2, 0) is 14.9 Å². The number of amides is 1. The standard InChI is InChI=1S/C27H30BrNO6S/c1-7-34-26(31)24-18(16-8-10-21(32-5)22(12-16)33-6)15-36-25(24)29-23(30)14-35-20-11-9-17(28)13-19(20)27(2,3)4/h8-13,15H,7,14H2,1-6H3,(H,29,30). The zero-order valence-corrected chi connectivity index (χ0v) is 23.6. The van der Waals surface area contributed by atoms with E-state index < -0.39 is 5.97 Å². The first-order chi connectivity index (χ1) is 17.1. The van der Waals surface area contributed by atoms with Gasteiger partial charge in [0.25, 0.3) is 5.91 Å². The van der Waals surface area contributed by atoms with Gasteiger partial charge in [0.15, 0.2) is 18.1 Å². The molecule has 0 bridgehead atoms. The van der Waals surface area contributed by atoms with Gasteiger partial charge >= 0.3 is 5.97 Å². The summed E-state index contributed by atoms with van der Waals surface area (Å²) >= 11 is 4.74. The van der Waals surface area contributed by atoms with Crippen LogP contribution in [0, 0.1) is 0 Å². The normalized spacial score (nSPS) is 11.1. The first kappa shape index (κ1) is 27.5. The molecule has 1 N–H and O–H groups in total. The lowest BCUT2D eigenvalue weighted by Gasteiger charge is -2.23. The van der Waals surface area contributed by atoms with Gasteiger partial charge in [-0.15, -0.1) is 11.3 Å². The minimum absolute atomic E-state index is 0.172. The maximum atomic E-state index is 12.9. The molecule has 9 heteroatoms. The van der Waals surface area contributed by atoms with E-state index in [4.69, 9.17) is 18.9 Å². The largest absolute Gasteiger partial charge is 0.493 e. The third-order valence-electron chi connectivity index (χ3n) is 5.33. The molecule has 7 nitrogen and oxygen atoms in total. The molecule has 0 radical (unpaired) electrons. The molecule has 0 unspecified atom stereocenters. The summed E-state index contributed by atoms with van der Waals surface area (Å²) in [6, 6.07) is 11.1. The van der Waals surface area contributed by atoms with Gasteiger partial charge in [-0.2, -0.15) is 0 Å². The van der Waals surface area contributed by atoms with E-state index in [1.165, 1.54) is 11.3 Å². The van der Waals surface area contributed by atoms with Crippen LogP contribution in [0.3, 0.4) is 0 Å². The fraction of sp³-hybridized carbons (Fsp3) is 0.333. The van der Waals surface area contributed by atoms with Crippen LogP contribution in [0.4, 0.5) is 5.00 Å². The summed E-state index contributed by atoms with van der Waals surface area (Å²) in [4.78, 5) is 25.7. The molecule has 0 aliphatic heterocycles. The molecule has 192 valence electrons. The Morgan fingerprint density at radius 1 is 1.00 bits per heavy atom. The minimum Gasteiger partial charge on any atom is -0.493 e. The Balaban J connectivity index is 1.87. The first-order valence-corrected chi connectivity index (χ1v) is 13.0. The number of carbonyl (C=O) groups excluding carboxylic acids is 2. The highest BCUT2D eigenvalue weighted by atomic mass is 79.9. The Morgan fingerprint density at radius 3 is 2.33 bits per heavy atom. The van der Waals surface area contributed by atoms with Crippen molar-refractivity contribution in [3.8, 4) is 28.4 Å². The van der Waals surface area contributed by atoms with Gasteiger partial charge < -0.3 is 24.3 Å². The van der Waals surface area contributed by atoms with Crippen molar-refractivity contribution < 1.29 is 28.5 Å². The van der Waals surface area contributed by atoms with E-state index in [0.717, 1.165) is 15.6 Å². The number of anilines is 1. The molecule has 1 aromatic heterocycles. The lowest BCUT2D eigenvalue weighted by molar-refractivity contribution is -0.118. The van der Waals surface area contributed by atoms with Crippen LogP contribution in [-0.4, -0.2) is 39.3 Å². The maximum absolute atomic E-state index is 12.9. The van der Waals surface area contributed by atoms with Gasteiger partial charge in [-0.1, -0.05) is 42.8 Å². The lowest BCUT2D eigenvalue weighted by Crippen LogP contribution is -2.22. The first-order valence-electron chi connectivity index (χ1n) is 11.3. The molecule has 0 fully saturated rings. The molecular formula is C27H30BrNO6S. The van der Waals surface area contributed by atoms with Crippen molar-refractivity contribution in [1.82, 2.24) is 0 Å². The summed E-state index contributed by atoms with van der Waals surface area (Å²) < 4.78 is 22.8. The fourth-order valence-corrected chi connectivity index (χ4v) is 4.93. The van der Waals surface area contributed by atoms with E-state index in [2.05, 4.69) is 42.0 Å². The molecule has 36 heavy (non-hydrogen) atoms. The van der Waals surface area contributed by atoms with Crippen LogP contribution in [0.25, 0.3) is 11.1 Å². The third-order valence-corrected chi connectivity index (χ3v) is 6.72. The molecule has 0 atom stereocenters. The average molecular weight is 577 g/mol. The molecule has 0 aliphatic carbocycles. The summed E-state index contributed by atoms with van der Waals surface area (Å²) in [6.45, 7) is 7.96. The average Bonchev–Trinajstić information content (AvgIpc) is 3.25. The number of nitrogens with one attached hydrogen (secondary N) is 1. The Bertz CT molecular complexity index is 1250. The molecule has 0 saturated heterocycles. The Morgan fingerprint density at radius 2 is 1.69 bits per heavy atom. The van der Waals surface area contributed by atoms with Crippen molar-refractivity contribution in [2.75, 3.05) is 32.8 Å². The van der Waals surface area contributed by atoms with E-state index in [9.17, 15) is 9.59 Å². The minimum atomic E-state index is -0.525. The molecule has 2 aromatic carbocycles. The third kappa shape index (κ3) is 6.39. The highest BCUT2D eigenvalue weighted by Crippen LogP contribution is 2.40. The molecule has 3 rings (SSSR count). The molecule has 1 heterocycles. The van der Waals surface area contributed by atoms with E-state index in [0.29, 0.717) is 27.8 Å². The SMILES string of the molecule is CCOC(=O)c1c(-c2ccc(OC)c(OC)c2)csc1NC(=O)COc1ccc(Br)cc1C(C)(C)C. The van der Waals surface area contributed by atoms with E-state index >= 15 is 0 Å². The Hall–Kier alpha value is -3.04. The van der Waals surface area contributed by atoms with Crippen LogP contribution in [0.2, 0.25) is 0 Å². The van der Waals surface area contributed by atoms with Crippen molar-refractivity contribution in [2.24, 2.45) is 0 Å². The Labute approximate surface area is 223 Å². The highest BCUT2D eigenvalue weighted by Gasteiger charge is 2.24. The summed E-state index contributed by atoms with van der Waals surface area (Å²) in [7, 11) is 3.10. The van der Waals surface area contributed by atoms with Crippen molar-refractivity contribution in [1.29, 1.82) is 0 Å². The molecule has 0 spiro atoms. The van der Waals surface area contributed by atoms with E-state index in [1.807, 2.05) is 24.3 Å². The quantitative estimate of drug-likeness (QED) is 0.286. The summed E-state index contributed by atoms with van der Waals surface area (Å²) in [5.41, 5.74) is 2.44. The maximum Gasteiger partial charge on any atom is 0.341 e. The van der Waals surface area contributed by atoms with E-state index in [-0.39, 0.29) is 30.1 Å². The zero-order chi connectivity index (χ0) is 26.5. The van der Waals surface area contributed by atoms with Crippen LogP contribution < -0.4 is 19.5 Å². The highest BCUT2D eigenvalue weighted by molar-refractivity contribution is 9.10. The van der Waals surface area contributed by atoms with Crippen molar-refractivity contribution in [3.05, 3.63) is 57.4 Å². The predicted octanol–water partition coefficient (Wildman–Crippen LogP) is 6.69. The molecular weight excluding hydrogens is 546 g/mol. The summed E-state index contributed by atoms with van der Waals surface area (Å²) in [6.07, 6.45) is 0. The van der Waals surface area contributed by atoms with Gasteiger partial charge in [0.2, 0.25) is 0 Å². The lowest BCUT2D eigenvalue weighted by atomic mass is 9.86. The number of ether oxygens (including phenoxy) is 4. The second kappa shape index (κ2) is 11.8. The number of hydrogen-bond acceptors (Lipinski definition) is 7. The van der Waals surface area contributed by atoms with Crippen LogP contribution in [0.1, 0.15) is 43.6 Å². The Kier molecular flexibility index (Phi) is 9.03. The zero-order valence-electron chi connectivity index (χ0n) is 21.2. The monoisotopic (exact) mass is 575 g/mol. The fourth-order valence-electron chi connectivity index (χ4n) is 3.59. The van der Waals surface area contributed by atoms with Crippen LogP contribution >= 0.6 is 27.3 Å². The van der Waals surface area contributed by atoms with Gasteiger partial charge in [-0.25, -0.2) is 4.79 Å². The number of benzene rings is 2. The van der Waals surface area contributed by atoms with Crippen LogP contribution in [0.15, 0.2) is 46.3 Å². The number of halogens is 1. The van der Waals surface area contributed by atoms with Gasteiger partial charge in [-0.05, 0) is 48.2 Å². The van der Waals surface area contributed by atoms with Gasteiger partial charge in [0.1, 0.15) is 16.3 Å². The van der Waals surface area contributed by atoms with Crippen molar-refractivity contribution >= 4 is 44.1 Å². The number of rotatable bonds is 9. The molecule has 3 aromatic rings. The number of thiophene rings is 1. The summed E-state index contributed by atoms with van der Waals surface area (Å²) in [5.74, 6) is 0.817. The van der Waals surface area contributed by atoms with Crippen LogP contribution in [0.5, 0.6) is 17.2 Å². The number of esters is 1. The molecule has 0 saturated carbocycles. The smallest absolute Gasteiger partial charge is 0.341 e. The van der Waals surface area contributed by atoms with Gasteiger partial charge in [0, 0.05) is 21.0 Å². The number of hydrogen-bond donors (Lipinski definition) is 1. The van der Waals surface area contributed by atoms with E-state index in [1.54, 1.807) is 38.7 Å². The number of carbonyl (C=O) groups is 2. The van der Waals surface area contributed by atoms with Gasteiger partial charge in [0.05, 0.1) is 20.8 Å². The summed E-state index contributed by atoms with van der Waals surface area (Å²) in [5, 5.41) is 5.01. The van der Waals surface area contributed by atoms with Crippen molar-refractivity contribution in [2.45, 2.75) is 33.1 Å². The topological polar surface area (TPSA) is 83.1 Å².